The van der Waals surface area contributed by atoms with Gasteiger partial charge in [0.05, 0.1) is 11.3 Å². The van der Waals surface area contributed by atoms with Gasteiger partial charge in [-0.15, -0.1) is 0 Å². The van der Waals surface area contributed by atoms with Crippen LogP contribution in [0.1, 0.15) is 27.3 Å². The molecule has 0 saturated heterocycles. The zero-order chi connectivity index (χ0) is 11.8. The number of aryl methyl sites for hydroxylation is 2. The Balaban J connectivity index is 3.39. The van der Waals surface area contributed by atoms with Crippen molar-refractivity contribution in [2.24, 2.45) is 0 Å². The number of hydrogen-bond donors (Lipinski definition) is 1. The van der Waals surface area contributed by atoms with Gasteiger partial charge in [-0.25, -0.2) is 9.78 Å². The molecule has 1 N–H and O–H groups in total. The first-order chi connectivity index (χ1) is 6.73. The third-order valence-electron chi connectivity index (χ3n) is 1.90. The van der Waals surface area contributed by atoms with Crippen molar-refractivity contribution in [2.45, 2.75) is 18.7 Å². The lowest BCUT2D eigenvalue weighted by Gasteiger charge is -2.11. The highest BCUT2D eigenvalue weighted by molar-refractivity contribution is 9.09. The number of halogens is 3. The second-order valence-electron chi connectivity index (χ2n) is 3.09. The Hall–Kier alpha value is -1.04. The molecule has 0 unspecified atom stereocenters. The number of rotatable bonds is 2. The first-order valence-corrected chi connectivity index (χ1v) is 4.81. The Bertz CT molecular complexity index is 392. The van der Waals surface area contributed by atoms with Gasteiger partial charge in [0, 0.05) is 0 Å². The van der Waals surface area contributed by atoms with Crippen LogP contribution < -0.4 is 0 Å². The number of aromatic nitrogens is 1. The first kappa shape index (κ1) is 12.0. The van der Waals surface area contributed by atoms with Crippen LogP contribution >= 0.6 is 15.9 Å². The minimum absolute atomic E-state index is 0.0319. The summed E-state index contributed by atoms with van der Waals surface area (Å²) < 4.78 is 25.7. The van der Waals surface area contributed by atoms with Gasteiger partial charge in [-0.1, -0.05) is 0 Å². The maximum absolute atomic E-state index is 12.9. The second kappa shape index (κ2) is 3.84. The summed E-state index contributed by atoms with van der Waals surface area (Å²) in [4.78, 5) is 11.1. The zero-order valence-corrected chi connectivity index (χ0v) is 9.60. The van der Waals surface area contributed by atoms with Gasteiger partial charge in [-0.3, -0.25) is 0 Å². The zero-order valence-electron chi connectivity index (χ0n) is 8.01. The summed E-state index contributed by atoms with van der Waals surface area (Å²) in [5.74, 6) is -1.16. The molecule has 1 rings (SSSR count). The van der Waals surface area contributed by atoms with Gasteiger partial charge in [-0.2, -0.15) is 8.78 Å². The van der Waals surface area contributed by atoms with Crippen LogP contribution in [-0.4, -0.2) is 16.1 Å². The molecule has 0 aromatic carbocycles. The Kier molecular flexibility index (Phi) is 3.08. The Morgan fingerprint density at radius 3 is 2.40 bits per heavy atom. The summed E-state index contributed by atoms with van der Waals surface area (Å²) in [6, 6.07) is 1.06. The monoisotopic (exact) mass is 279 g/mol. The molecule has 6 heteroatoms. The lowest BCUT2D eigenvalue weighted by Crippen LogP contribution is -2.12. The SMILES string of the molecule is Cc1cc(C(F)(F)Br)nc(C)c1C(=O)O. The van der Waals surface area contributed by atoms with Gasteiger partial charge < -0.3 is 5.11 Å². The minimum Gasteiger partial charge on any atom is -0.478 e. The van der Waals surface area contributed by atoms with Crippen molar-refractivity contribution in [1.29, 1.82) is 0 Å². The normalized spacial score (nSPS) is 11.5. The minimum atomic E-state index is -3.24. The van der Waals surface area contributed by atoms with E-state index in [1.165, 1.54) is 13.8 Å². The number of hydrogen-bond acceptors (Lipinski definition) is 2. The van der Waals surface area contributed by atoms with Crippen molar-refractivity contribution in [3.05, 3.63) is 28.6 Å². The fraction of sp³-hybridized carbons (Fsp3) is 0.333. The number of aromatic carboxylic acids is 1. The number of pyridine rings is 1. The standard InChI is InChI=1S/C9H8BrF2NO2/c1-4-3-6(9(10,11)12)13-5(2)7(4)8(14)15/h3H,1-2H3,(H,14,15). The average molecular weight is 280 g/mol. The Labute approximate surface area is 93.3 Å². The molecule has 0 aliphatic heterocycles. The predicted molar refractivity (Wildman–Crippen MR) is 53.5 cm³/mol. The molecule has 0 fully saturated rings. The topological polar surface area (TPSA) is 50.2 Å². The van der Waals surface area contributed by atoms with Crippen LogP contribution in [0.4, 0.5) is 8.78 Å². The van der Waals surface area contributed by atoms with E-state index in [2.05, 4.69) is 20.9 Å². The predicted octanol–water partition coefficient (Wildman–Crippen LogP) is 2.84. The largest absolute Gasteiger partial charge is 0.478 e. The lowest BCUT2D eigenvalue weighted by atomic mass is 10.1. The third-order valence-corrected chi connectivity index (χ3v) is 2.31. The highest BCUT2D eigenvalue weighted by Gasteiger charge is 2.30. The Morgan fingerprint density at radius 2 is 2.07 bits per heavy atom. The smallest absolute Gasteiger partial charge is 0.343 e. The van der Waals surface area contributed by atoms with Crippen molar-refractivity contribution in [2.75, 3.05) is 0 Å². The lowest BCUT2D eigenvalue weighted by molar-refractivity contribution is 0.0693. The van der Waals surface area contributed by atoms with E-state index in [0.717, 1.165) is 6.07 Å². The molecule has 1 heterocycles. The van der Waals surface area contributed by atoms with Crippen LogP contribution in [0.2, 0.25) is 0 Å². The molecule has 0 aliphatic rings. The van der Waals surface area contributed by atoms with Crippen molar-refractivity contribution in [3.8, 4) is 0 Å². The van der Waals surface area contributed by atoms with Gasteiger partial charge >= 0.3 is 10.8 Å². The summed E-state index contributed by atoms with van der Waals surface area (Å²) in [6.07, 6.45) is 0. The van der Waals surface area contributed by atoms with Gasteiger partial charge in [-0.05, 0) is 41.4 Å². The van der Waals surface area contributed by atoms with E-state index < -0.39 is 16.5 Å². The molecule has 1 aromatic rings. The summed E-state index contributed by atoms with van der Waals surface area (Å²) in [6.45, 7) is 2.85. The van der Waals surface area contributed by atoms with Crippen LogP contribution in [0.25, 0.3) is 0 Å². The van der Waals surface area contributed by atoms with E-state index in [0.29, 0.717) is 0 Å². The molecule has 1 aromatic heterocycles. The maximum Gasteiger partial charge on any atom is 0.343 e. The second-order valence-corrected chi connectivity index (χ2v) is 4.08. The molecule has 0 saturated carbocycles. The molecule has 0 radical (unpaired) electrons. The third kappa shape index (κ3) is 2.50. The molecular formula is C9H8BrF2NO2. The molecule has 3 nitrogen and oxygen atoms in total. The molecule has 0 aliphatic carbocycles. The molecular weight excluding hydrogens is 272 g/mol. The highest BCUT2D eigenvalue weighted by atomic mass is 79.9. The molecule has 15 heavy (non-hydrogen) atoms. The van der Waals surface area contributed by atoms with E-state index >= 15 is 0 Å². The van der Waals surface area contributed by atoms with E-state index in [1.807, 2.05) is 0 Å². The van der Waals surface area contributed by atoms with Gasteiger partial charge in [0.2, 0.25) is 0 Å². The summed E-state index contributed by atoms with van der Waals surface area (Å²) in [7, 11) is 0. The van der Waals surface area contributed by atoms with Crippen molar-refractivity contribution in [3.63, 3.8) is 0 Å². The van der Waals surface area contributed by atoms with Crippen molar-refractivity contribution >= 4 is 21.9 Å². The van der Waals surface area contributed by atoms with Crippen LogP contribution in [0.3, 0.4) is 0 Å². The number of carboxylic acid groups (broad SMARTS) is 1. The number of nitrogens with zero attached hydrogens (tertiary/aromatic N) is 1. The number of carbonyl (C=O) groups is 1. The fourth-order valence-corrected chi connectivity index (χ4v) is 1.50. The molecule has 0 atom stereocenters. The van der Waals surface area contributed by atoms with Gasteiger partial charge in [0.1, 0.15) is 5.69 Å². The van der Waals surface area contributed by atoms with Crippen LogP contribution in [-0.2, 0) is 4.83 Å². The van der Waals surface area contributed by atoms with E-state index in [4.69, 9.17) is 5.11 Å². The van der Waals surface area contributed by atoms with Crippen LogP contribution in [0, 0.1) is 13.8 Å². The molecule has 0 spiro atoms. The van der Waals surface area contributed by atoms with Crippen molar-refractivity contribution in [1.82, 2.24) is 4.98 Å². The van der Waals surface area contributed by atoms with Crippen molar-refractivity contribution < 1.29 is 18.7 Å². The van der Waals surface area contributed by atoms with Gasteiger partial charge in [0.25, 0.3) is 0 Å². The first-order valence-electron chi connectivity index (χ1n) is 4.02. The van der Waals surface area contributed by atoms with E-state index in [1.54, 1.807) is 0 Å². The number of alkyl halides is 3. The summed E-state index contributed by atoms with van der Waals surface area (Å²) in [5.41, 5.74) is -0.168. The molecule has 0 bridgehead atoms. The number of carboxylic acids is 1. The van der Waals surface area contributed by atoms with Gasteiger partial charge in [0.15, 0.2) is 0 Å². The fourth-order valence-electron chi connectivity index (χ4n) is 1.30. The Morgan fingerprint density at radius 1 is 1.53 bits per heavy atom. The average Bonchev–Trinajstić information content (AvgIpc) is 1.99. The molecule has 82 valence electrons. The quantitative estimate of drug-likeness (QED) is 0.847. The maximum atomic E-state index is 12.9. The van der Waals surface area contributed by atoms with Crippen LogP contribution in [0.5, 0.6) is 0 Å². The van der Waals surface area contributed by atoms with E-state index in [-0.39, 0.29) is 16.8 Å². The van der Waals surface area contributed by atoms with Crippen LogP contribution in [0.15, 0.2) is 6.07 Å². The summed E-state index contributed by atoms with van der Waals surface area (Å²) >= 11 is 2.17. The highest BCUT2D eigenvalue weighted by Crippen LogP contribution is 2.34. The van der Waals surface area contributed by atoms with E-state index in [9.17, 15) is 13.6 Å². The summed E-state index contributed by atoms with van der Waals surface area (Å²) in [5, 5.41) is 8.80. The molecule has 0 amide bonds.